The van der Waals surface area contributed by atoms with Gasteiger partial charge in [0.1, 0.15) is 17.6 Å². The van der Waals surface area contributed by atoms with Crippen LogP contribution in [-0.2, 0) is 9.47 Å². The summed E-state index contributed by atoms with van der Waals surface area (Å²) in [4.78, 5) is 0. The highest BCUT2D eigenvalue weighted by Gasteiger charge is 2.37. The Kier molecular flexibility index (Phi) is 2.58. The molecule has 2 rings (SSSR count). The van der Waals surface area contributed by atoms with E-state index in [0.717, 1.165) is 11.5 Å². The van der Waals surface area contributed by atoms with Crippen LogP contribution >= 0.6 is 0 Å². The van der Waals surface area contributed by atoms with Gasteiger partial charge in [0.05, 0.1) is 12.6 Å². The fraction of sp³-hybridized carbons (Fsp3) is 0.636. The molecule has 2 atom stereocenters. The molecule has 0 aromatic carbocycles. The number of furan rings is 1. The van der Waals surface area contributed by atoms with E-state index in [2.05, 4.69) is 0 Å². The van der Waals surface area contributed by atoms with Gasteiger partial charge in [-0.3, -0.25) is 0 Å². The first-order valence-corrected chi connectivity index (χ1v) is 5.12. The molecule has 4 nitrogen and oxygen atoms in total. The minimum absolute atomic E-state index is 0.134. The fourth-order valence-electron chi connectivity index (χ4n) is 1.71. The highest BCUT2D eigenvalue weighted by molar-refractivity contribution is 5.11. The second-order valence-corrected chi connectivity index (χ2v) is 4.34. The van der Waals surface area contributed by atoms with E-state index in [-0.39, 0.29) is 12.1 Å². The van der Waals surface area contributed by atoms with Crippen molar-refractivity contribution < 1.29 is 13.9 Å². The minimum Gasteiger partial charge on any atom is -0.465 e. The Morgan fingerprint density at radius 3 is 2.67 bits per heavy atom. The lowest BCUT2D eigenvalue weighted by molar-refractivity contribution is -0.141. The average molecular weight is 211 g/mol. The van der Waals surface area contributed by atoms with Crippen molar-refractivity contribution in [2.45, 2.75) is 38.7 Å². The lowest BCUT2D eigenvalue weighted by atomic mass is 10.1. The third-order valence-corrected chi connectivity index (χ3v) is 2.52. The molecule has 0 amide bonds. The zero-order valence-electron chi connectivity index (χ0n) is 9.32. The van der Waals surface area contributed by atoms with E-state index >= 15 is 0 Å². The second kappa shape index (κ2) is 3.63. The van der Waals surface area contributed by atoms with E-state index in [1.807, 2.05) is 32.9 Å². The standard InChI is InChI=1S/C11H17NO3/c1-7-4-5-8(14-7)10(12)9-6-13-11(2,3)15-9/h4-5,9-10H,6,12H2,1-3H3/t9-,10?/m0/s1. The first-order valence-electron chi connectivity index (χ1n) is 5.12. The van der Waals surface area contributed by atoms with Crippen molar-refractivity contribution in [1.29, 1.82) is 0 Å². The van der Waals surface area contributed by atoms with Crippen LogP contribution in [0.5, 0.6) is 0 Å². The van der Waals surface area contributed by atoms with Crippen LogP contribution in [0, 0.1) is 6.92 Å². The molecule has 1 aromatic rings. The molecule has 2 N–H and O–H groups in total. The smallest absolute Gasteiger partial charge is 0.163 e. The highest BCUT2D eigenvalue weighted by Crippen LogP contribution is 2.29. The van der Waals surface area contributed by atoms with Gasteiger partial charge in [-0.05, 0) is 32.9 Å². The first kappa shape index (κ1) is 10.7. The maximum absolute atomic E-state index is 6.04. The van der Waals surface area contributed by atoms with E-state index in [1.165, 1.54) is 0 Å². The molecular weight excluding hydrogens is 194 g/mol. The summed E-state index contributed by atoms with van der Waals surface area (Å²) in [6.45, 7) is 6.17. The molecule has 0 spiro atoms. The Hall–Kier alpha value is -0.840. The van der Waals surface area contributed by atoms with E-state index in [1.54, 1.807) is 0 Å². The van der Waals surface area contributed by atoms with Crippen LogP contribution in [0.3, 0.4) is 0 Å². The fourth-order valence-corrected chi connectivity index (χ4v) is 1.71. The van der Waals surface area contributed by atoms with Gasteiger partial charge in [0, 0.05) is 0 Å². The summed E-state index contributed by atoms with van der Waals surface area (Å²) >= 11 is 0. The zero-order valence-corrected chi connectivity index (χ0v) is 9.32. The molecule has 0 bridgehead atoms. The Morgan fingerprint density at radius 1 is 1.47 bits per heavy atom. The van der Waals surface area contributed by atoms with Crippen LogP contribution < -0.4 is 5.73 Å². The molecule has 0 aliphatic carbocycles. The van der Waals surface area contributed by atoms with Gasteiger partial charge < -0.3 is 19.6 Å². The van der Waals surface area contributed by atoms with Gasteiger partial charge in [-0.15, -0.1) is 0 Å². The van der Waals surface area contributed by atoms with Gasteiger partial charge in [-0.25, -0.2) is 0 Å². The van der Waals surface area contributed by atoms with Crippen molar-refractivity contribution >= 4 is 0 Å². The third kappa shape index (κ3) is 2.22. The number of ether oxygens (including phenoxy) is 2. The molecule has 0 saturated carbocycles. The molecule has 1 aromatic heterocycles. The van der Waals surface area contributed by atoms with E-state index in [4.69, 9.17) is 19.6 Å². The number of hydrogen-bond donors (Lipinski definition) is 1. The summed E-state index contributed by atoms with van der Waals surface area (Å²) in [5, 5.41) is 0. The summed E-state index contributed by atoms with van der Waals surface area (Å²) in [6, 6.07) is 3.52. The van der Waals surface area contributed by atoms with Crippen LogP contribution in [0.15, 0.2) is 16.5 Å². The molecule has 1 fully saturated rings. The third-order valence-electron chi connectivity index (χ3n) is 2.52. The summed E-state index contributed by atoms with van der Waals surface area (Å²) in [6.07, 6.45) is -0.134. The van der Waals surface area contributed by atoms with Crippen molar-refractivity contribution in [3.63, 3.8) is 0 Å². The quantitative estimate of drug-likeness (QED) is 0.809. The second-order valence-electron chi connectivity index (χ2n) is 4.34. The molecule has 2 heterocycles. The van der Waals surface area contributed by atoms with E-state index in [9.17, 15) is 0 Å². The van der Waals surface area contributed by atoms with Gasteiger partial charge in [0.25, 0.3) is 0 Å². The summed E-state index contributed by atoms with van der Waals surface area (Å²) in [5.74, 6) is 1.07. The van der Waals surface area contributed by atoms with Crippen molar-refractivity contribution in [3.05, 3.63) is 23.7 Å². The maximum atomic E-state index is 6.04. The molecule has 1 unspecified atom stereocenters. The maximum Gasteiger partial charge on any atom is 0.163 e. The Morgan fingerprint density at radius 2 is 2.20 bits per heavy atom. The summed E-state index contributed by atoms with van der Waals surface area (Å²) in [5.41, 5.74) is 6.04. The van der Waals surface area contributed by atoms with Gasteiger partial charge >= 0.3 is 0 Å². The minimum atomic E-state index is -0.538. The Labute approximate surface area is 89.3 Å². The largest absolute Gasteiger partial charge is 0.465 e. The van der Waals surface area contributed by atoms with Crippen LogP contribution in [0.25, 0.3) is 0 Å². The molecule has 15 heavy (non-hydrogen) atoms. The lowest BCUT2D eigenvalue weighted by Gasteiger charge is -2.19. The summed E-state index contributed by atoms with van der Waals surface area (Å²) < 4.78 is 16.6. The molecule has 1 aliphatic rings. The van der Waals surface area contributed by atoms with Gasteiger partial charge in [-0.1, -0.05) is 0 Å². The molecule has 4 heteroatoms. The van der Waals surface area contributed by atoms with Crippen LogP contribution in [0.1, 0.15) is 31.4 Å². The normalized spacial score (nSPS) is 26.8. The molecule has 0 radical (unpaired) electrons. The Bertz CT molecular complexity index is 345. The SMILES string of the molecule is Cc1ccc(C(N)[C@@H]2COC(C)(C)O2)o1. The topological polar surface area (TPSA) is 57.6 Å². The van der Waals surface area contributed by atoms with Crippen LogP contribution in [0.4, 0.5) is 0 Å². The Balaban J connectivity index is 2.06. The summed E-state index contributed by atoms with van der Waals surface area (Å²) in [7, 11) is 0. The van der Waals surface area contributed by atoms with Crippen LogP contribution in [0.2, 0.25) is 0 Å². The molecule has 1 saturated heterocycles. The lowest BCUT2D eigenvalue weighted by Crippen LogP contribution is -2.30. The first-order chi connectivity index (χ1) is 6.98. The monoisotopic (exact) mass is 211 g/mol. The average Bonchev–Trinajstić information content (AvgIpc) is 2.71. The molecule has 84 valence electrons. The van der Waals surface area contributed by atoms with Crippen LogP contribution in [-0.4, -0.2) is 18.5 Å². The van der Waals surface area contributed by atoms with Gasteiger partial charge in [0.15, 0.2) is 5.79 Å². The highest BCUT2D eigenvalue weighted by atomic mass is 16.7. The number of aryl methyl sites for hydroxylation is 1. The predicted molar refractivity (Wildman–Crippen MR) is 55.3 cm³/mol. The predicted octanol–water partition coefficient (Wildman–Crippen LogP) is 1.74. The molecule has 1 aliphatic heterocycles. The zero-order chi connectivity index (χ0) is 11.1. The van der Waals surface area contributed by atoms with Crippen molar-refractivity contribution in [2.24, 2.45) is 5.73 Å². The number of nitrogens with two attached hydrogens (primary N) is 1. The number of rotatable bonds is 2. The van der Waals surface area contributed by atoms with Crippen molar-refractivity contribution in [3.8, 4) is 0 Å². The van der Waals surface area contributed by atoms with E-state index < -0.39 is 5.79 Å². The number of hydrogen-bond acceptors (Lipinski definition) is 4. The van der Waals surface area contributed by atoms with E-state index in [0.29, 0.717) is 6.61 Å². The van der Waals surface area contributed by atoms with Gasteiger partial charge in [0.2, 0.25) is 0 Å². The molecular formula is C11H17NO3. The van der Waals surface area contributed by atoms with Gasteiger partial charge in [-0.2, -0.15) is 0 Å². The van der Waals surface area contributed by atoms with Crippen molar-refractivity contribution in [2.75, 3.05) is 6.61 Å². The van der Waals surface area contributed by atoms with Crippen molar-refractivity contribution in [1.82, 2.24) is 0 Å².